The van der Waals surface area contributed by atoms with Gasteiger partial charge >= 0.3 is 0 Å². The van der Waals surface area contributed by atoms with Gasteiger partial charge < -0.3 is 0 Å². The van der Waals surface area contributed by atoms with E-state index in [4.69, 9.17) is 0 Å². The molecule has 104 valence electrons. The monoisotopic (exact) mass is 273 g/mol. The Balaban J connectivity index is 2.16. The predicted molar refractivity (Wildman–Crippen MR) is 90.4 cm³/mol. The van der Waals surface area contributed by atoms with Crippen LogP contribution in [-0.2, 0) is 5.41 Å². The number of para-hydroxylation sites is 1. The zero-order valence-corrected chi connectivity index (χ0v) is 12.5. The van der Waals surface area contributed by atoms with Gasteiger partial charge in [-0.1, -0.05) is 75.0 Å². The molecule has 0 aliphatic heterocycles. The van der Waals surface area contributed by atoms with E-state index in [0.717, 1.165) is 11.1 Å². The zero-order chi connectivity index (χ0) is 14.9. The van der Waals surface area contributed by atoms with Gasteiger partial charge in [0, 0.05) is 17.0 Å². The van der Waals surface area contributed by atoms with Crippen LogP contribution in [0, 0.1) is 0 Å². The maximum absolute atomic E-state index is 4.59. The molecule has 0 atom stereocenters. The first kappa shape index (κ1) is 13.6. The van der Waals surface area contributed by atoms with Crippen molar-refractivity contribution in [1.29, 1.82) is 0 Å². The molecule has 0 spiro atoms. The lowest BCUT2D eigenvalue weighted by Crippen LogP contribution is -2.19. The first-order chi connectivity index (χ1) is 10.1. The van der Waals surface area contributed by atoms with Crippen LogP contribution < -0.4 is 0 Å². The number of rotatable bonds is 3. The lowest BCUT2D eigenvalue weighted by molar-refractivity contribution is 0.645. The van der Waals surface area contributed by atoms with Crippen LogP contribution in [0.5, 0.6) is 0 Å². The quantitative estimate of drug-likeness (QED) is 0.639. The molecule has 0 aliphatic rings. The fraction of sp³-hybridized carbons (Fsp3) is 0.150. The van der Waals surface area contributed by atoms with E-state index in [0.29, 0.717) is 0 Å². The van der Waals surface area contributed by atoms with Gasteiger partial charge in [0.25, 0.3) is 0 Å². The molecule has 21 heavy (non-hydrogen) atoms. The molecule has 0 bridgehead atoms. The summed E-state index contributed by atoms with van der Waals surface area (Å²) in [5, 5.41) is 1.19. The minimum atomic E-state index is -0.0897. The highest BCUT2D eigenvalue weighted by molar-refractivity contribution is 5.83. The van der Waals surface area contributed by atoms with Crippen molar-refractivity contribution < 1.29 is 0 Å². The molecule has 2 aromatic carbocycles. The van der Waals surface area contributed by atoms with Crippen molar-refractivity contribution in [1.82, 2.24) is 4.98 Å². The van der Waals surface area contributed by atoms with Crippen LogP contribution in [-0.4, -0.2) is 4.98 Å². The highest BCUT2D eigenvalue weighted by Gasteiger charge is 2.25. The van der Waals surface area contributed by atoms with Crippen LogP contribution in [0.3, 0.4) is 0 Å². The lowest BCUT2D eigenvalue weighted by Gasteiger charge is -2.27. The molecule has 3 aromatic rings. The van der Waals surface area contributed by atoms with Gasteiger partial charge in [0.15, 0.2) is 0 Å². The summed E-state index contributed by atoms with van der Waals surface area (Å²) in [6.07, 6.45) is 3.74. The molecule has 0 unspecified atom stereocenters. The van der Waals surface area contributed by atoms with Crippen molar-refractivity contribution in [2.75, 3.05) is 0 Å². The molecule has 0 saturated heterocycles. The molecule has 1 heteroatoms. The molecular formula is C20H19N. The molecule has 0 N–H and O–H groups in total. The summed E-state index contributed by atoms with van der Waals surface area (Å²) in [6.45, 7) is 8.31. The van der Waals surface area contributed by atoms with Crippen LogP contribution >= 0.6 is 0 Å². The summed E-state index contributed by atoms with van der Waals surface area (Å²) in [7, 11) is 0. The van der Waals surface area contributed by atoms with Crippen LogP contribution in [0.4, 0.5) is 0 Å². The van der Waals surface area contributed by atoms with Crippen LogP contribution in [0.15, 0.2) is 67.4 Å². The van der Waals surface area contributed by atoms with E-state index >= 15 is 0 Å². The Labute approximate surface area is 126 Å². The molecular weight excluding hydrogens is 254 g/mol. The Morgan fingerprint density at radius 3 is 2.38 bits per heavy atom. The van der Waals surface area contributed by atoms with E-state index in [9.17, 15) is 0 Å². The Morgan fingerprint density at radius 2 is 1.67 bits per heavy atom. The molecule has 1 heterocycles. The third-order valence-corrected chi connectivity index (χ3v) is 4.17. The highest BCUT2D eigenvalue weighted by atomic mass is 14.7. The number of aromatic nitrogens is 1. The SMILES string of the molecule is C=Cc1ccc(C(C)(C)c2cccc3cccnc23)cc1. The maximum atomic E-state index is 4.59. The minimum absolute atomic E-state index is 0.0897. The molecule has 1 aromatic heterocycles. The number of hydrogen-bond donors (Lipinski definition) is 0. The van der Waals surface area contributed by atoms with Crippen molar-refractivity contribution in [3.05, 3.63) is 84.1 Å². The summed E-state index contributed by atoms with van der Waals surface area (Å²) >= 11 is 0. The fourth-order valence-electron chi connectivity index (χ4n) is 2.80. The Hall–Kier alpha value is -2.41. The van der Waals surface area contributed by atoms with Gasteiger partial charge in [0.2, 0.25) is 0 Å². The van der Waals surface area contributed by atoms with Crippen molar-refractivity contribution in [3.8, 4) is 0 Å². The maximum Gasteiger partial charge on any atom is 0.0742 e. The normalized spacial score (nSPS) is 11.5. The van der Waals surface area contributed by atoms with Gasteiger partial charge in [-0.2, -0.15) is 0 Å². The Kier molecular flexibility index (Phi) is 3.34. The third kappa shape index (κ3) is 2.36. The molecule has 3 rings (SSSR count). The molecule has 0 saturated carbocycles. The predicted octanol–water partition coefficient (Wildman–Crippen LogP) is 5.20. The van der Waals surface area contributed by atoms with Crippen LogP contribution in [0.2, 0.25) is 0 Å². The van der Waals surface area contributed by atoms with E-state index in [1.54, 1.807) is 0 Å². The van der Waals surface area contributed by atoms with Crippen molar-refractivity contribution in [3.63, 3.8) is 0 Å². The second-order valence-electron chi connectivity index (χ2n) is 5.83. The summed E-state index contributed by atoms with van der Waals surface area (Å²) in [4.78, 5) is 4.59. The van der Waals surface area contributed by atoms with Gasteiger partial charge in [-0.05, 0) is 22.8 Å². The number of fused-ring (bicyclic) bond motifs is 1. The van der Waals surface area contributed by atoms with Crippen molar-refractivity contribution in [2.24, 2.45) is 0 Å². The average Bonchev–Trinajstić information content (AvgIpc) is 2.54. The smallest absolute Gasteiger partial charge is 0.0742 e. The van der Waals surface area contributed by atoms with Gasteiger partial charge in [-0.25, -0.2) is 0 Å². The summed E-state index contributed by atoms with van der Waals surface area (Å²) in [5.74, 6) is 0. The van der Waals surface area contributed by atoms with Crippen molar-refractivity contribution >= 4 is 17.0 Å². The minimum Gasteiger partial charge on any atom is -0.256 e. The zero-order valence-electron chi connectivity index (χ0n) is 12.5. The fourth-order valence-corrected chi connectivity index (χ4v) is 2.80. The largest absolute Gasteiger partial charge is 0.256 e. The van der Waals surface area contributed by atoms with Crippen LogP contribution in [0.1, 0.15) is 30.5 Å². The summed E-state index contributed by atoms with van der Waals surface area (Å²) in [6, 6.07) is 19.1. The lowest BCUT2D eigenvalue weighted by atomic mass is 9.77. The number of hydrogen-bond acceptors (Lipinski definition) is 1. The molecule has 0 amide bonds. The number of pyridine rings is 1. The van der Waals surface area contributed by atoms with Gasteiger partial charge in [0.05, 0.1) is 5.52 Å². The highest BCUT2D eigenvalue weighted by Crippen LogP contribution is 2.35. The standard InChI is InChI=1S/C20H19N/c1-4-15-10-12-17(13-11-15)20(2,3)18-9-5-7-16-8-6-14-21-19(16)18/h4-14H,1H2,2-3H3. The Morgan fingerprint density at radius 1 is 0.952 bits per heavy atom. The molecule has 1 nitrogen and oxygen atoms in total. The second kappa shape index (κ2) is 5.17. The van der Waals surface area contributed by atoms with Gasteiger partial charge in [0.1, 0.15) is 0 Å². The molecule has 0 aliphatic carbocycles. The van der Waals surface area contributed by atoms with Crippen LogP contribution in [0.25, 0.3) is 17.0 Å². The van der Waals surface area contributed by atoms with E-state index in [2.05, 4.69) is 73.9 Å². The van der Waals surface area contributed by atoms with Crippen molar-refractivity contribution in [2.45, 2.75) is 19.3 Å². The van der Waals surface area contributed by atoms with Gasteiger partial charge in [-0.15, -0.1) is 0 Å². The van der Waals surface area contributed by atoms with Gasteiger partial charge in [-0.3, -0.25) is 4.98 Å². The number of benzene rings is 2. The summed E-state index contributed by atoms with van der Waals surface area (Å²) in [5.41, 5.74) is 4.68. The van der Waals surface area contributed by atoms with E-state index < -0.39 is 0 Å². The Bertz CT molecular complexity index is 777. The van der Waals surface area contributed by atoms with E-state index in [1.807, 2.05) is 18.3 Å². The number of nitrogens with zero attached hydrogens (tertiary/aromatic N) is 1. The average molecular weight is 273 g/mol. The topological polar surface area (TPSA) is 12.9 Å². The molecule has 0 radical (unpaired) electrons. The van der Waals surface area contributed by atoms with E-state index in [-0.39, 0.29) is 5.41 Å². The first-order valence-electron chi connectivity index (χ1n) is 7.20. The summed E-state index contributed by atoms with van der Waals surface area (Å²) < 4.78 is 0. The third-order valence-electron chi connectivity index (χ3n) is 4.17. The van der Waals surface area contributed by atoms with E-state index in [1.165, 1.54) is 16.5 Å². The second-order valence-corrected chi connectivity index (χ2v) is 5.83. The first-order valence-corrected chi connectivity index (χ1v) is 7.20. The molecule has 0 fully saturated rings.